The van der Waals surface area contributed by atoms with Crippen molar-refractivity contribution in [3.63, 3.8) is 0 Å². The molecular weight excluding hydrogens is 348 g/mol. The van der Waals surface area contributed by atoms with E-state index in [1.165, 1.54) is 0 Å². The number of nitriles is 1. The highest BCUT2D eigenvalue weighted by atomic mass is 16.5. The van der Waals surface area contributed by atoms with Crippen LogP contribution in [0.25, 0.3) is 33.4 Å². The molecule has 2 aromatic heterocycles. The molecule has 2 heterocycles. The molecule has 0 amide bonds. The van der Waals surface area contributed by atoms with Gasteiger partial charge in [0, 0.05) is 22.2 Å². The van der Waals surface area contributed by atoms with E-state index in [0.717, 1.165) is 27.8 Å². The van der Waals surface area contributed by atoms with Crippen molar-refractivity contribution >= 4 is 16.7 Å². The van der Waals surface area contributed by atoms with Gasteiger partial charge in [0.2, 0.25) is 5.88 Å². The zero-order valence-corrected chi connectivity index (χ0v) is 15.4. The zero-order valence-electron chi connectivity index (χ0n) is 15.4. The fraction of sp³-hybridized carbons (Fsp3) is 0.0870. The molecule has 0 spiro atoms. The molecule has 2 N–H and O–H groups in total. The van der Waals surface area contributed by atoms with Gasteiger partial charge in [0.1, 0.15) is 11.6 Å². The summed E-state index contributed by atoms with van der Waals surface area (Å²) in [7, 11) is 0. The lowest BCUT2D eigenvalue weighted by Gasteiger charge is -2.13. The third kappa shape index (κ3) is 3.12. The Morgan fingerprint density at radius 1 is 0.964 bits per heavy atom. The summed E-state index contributed by atoms with van der Waals surface area (Å²) in [6.07, 6.45) is 0. The fourth-order valence-corrected chi connectivity index (χ4v) is 3.23. The Hall–Kier alpha value is -3.91. The normalized spacial score (nSPS) is 10.6. The molecule has 0 aliphatic rings. The van der Waals surface area contributed by atoms with Gasteiger partial charge in [0.25, 0.3) is 0 Å². The number of rotatable bonds is 4. The Labute approximate surface area is 163 Å². The Morgan fingerprint density at radius 2 is 1.75 bits per heavy atom. The molecule has 0 radical (unpaired) electrons. The van der Waals surface area contributed by atoms with Gasteiger partial charge in [-0.1, -0.05) is 42.5 Å². The number of fused-ring (bicyclic) bond motifs is 1. The highest BCUT2D eigenvalue weighted by Crippen LogP contribution is 2.36. The van der Waals surface area contributed by atoms with Crippen LogP contribution < -0.4 is 10.5 Å². The van der Waals surface area contributed by atoms with Gasteiger partial charge in [-0.2, -0.15) is 10.2 Å². The maximum Gasteiger partial charge on any atom is 0.234 e. The van der Waals surface area contributed by atoms with Crippen molar-refractivity contribution in [2.24, 2.45) is 0 Å². The molecule has 0 aliphatic carbocycles. The second kappa shape index (κ2) is 7.37. The molecule has 5 heteroatoms. The predicted octanol–water partition coefficient (Wildman–Crippen LogP) is 4.82. The van der Waals surface area contributed by atoms with Crippen LogP contribution in [0.4, 0.5) is 5.69 Å². The molecule has 28 heavy (non-hydrogen) atoms. The van der Waals surface area contributed by atoms with Crippen molar-refractivity contribution in [3.05, 3.63) is 72.3 Å². The van der Waals surface area contributed by atoms with Gasteiger partial charge in [0.15, 0.2) is 5.65 Å². The number of hydrogen-bond acceptors (Lipinski definition) is 5. The van der Waals surface area contributed by atoms with E-state index in [0.29, 0.717) is 29.4 Å². The summed E-state index contributed by atoms with van der Waals surface area (Å²) in [4.78, 5) is 9.28. The minimum absolute atomic E-state index is 0.300. The molecule has 0 unspecified atom stereocenters. The number of pyridine rings is 2. The minimum atomic E-state index is 0.300. The van der Waals surface area contributed by atoms with Crippen LogP contribution in [-0.4, -0.2) is 16.6 Å². The van der Waals surface area contributed by atoms with Gasteiger partial charge < -0.3 is 10.5 Å². The Balaban J connectivity index is 2.01. The van der Waals surface area contributed by atoms with E-state index in [-0.39, 0.29) is 0 Å². The molecular formula is C23H18N4O. The second-order valence-corrected chi connectivity index (χ2v) is 6.27. The zero-order chi connectivity index (χ0) is 19.5. The number of hydrogen-bond donors (Lipinski definition) is 1. The Kier molecular flexibility index (Phi) is 4.61. The van der Waals surface area contributed by atoms with Crippen LogP contribution in [0.15, 0.2) is 66.7 Å². The summed E-state index contributed by atoms with van der Waals surface area (Å²) in [5.74, 6) is 0.300. The number of nitrogens with zero attached hydrogens (tertiary/aromatic N) is 3. The van der Waals surface area contributed by atoms with Crippen molar-refractivity contribution in [3.8, 4) is 34.3 Å². The number of nitrogens with two attached hydrogens (primary N) is 1. The van der Waals surface area contributed by atoms with Gasteiger partial charge >= 0.3 is 0 Å². The Morgan fingerprint density at radius 3 is 2.46 bits per heavy atom. The van der Waals surface area contributed by atoms with Crippen molar-refractivity contribution < 1.29 is 4.74 Å². The number of aromatic nitrogens is 2. The van der Waals surface area contributed by atoms with Crippen LogP contribution in [0, 0.1) is 11.3 Å². The first-order valence-electron chi connectivity index (χ1n) is 9.00. The van der Waals surface area contributed by atoms with Crippen LogP contribution >= 0.6 is 0 Å². The van der Waals surface area contributed by atoms with Crippen molar-refractivity contribution in [2.75, 3.05) is 12.3 Å². The lowest BCUT2D eigenvalue weighted by Crippen LogP contribution is -2.02. The molecule has 4 rings (SSSR count). The van der Waals surface area contributed by atoms with Crippen LogP contribution in [0.5, 0.6) is 5.88 Å². The van der Waals surface area contributed by atoms with Crippen molar-refractivity contribution in [2.45, 2.75) is 6.92 Å². The first-order valence-corrected chi connectivity index (χ1v) is 9.00. The number of anilines is 1. The topological polar surface area (TPSA) is 84.8 Å². The van der Waals surface area contributed by atoms with Gasteiger partial charge in [-0.3, -0.25) is 0 Å². The van der Waals surface area contributed by atoms with Gasteiger partial charge in [0.05, 0.1) is 12.3 Å². The van der Waals surface area contributed by atoms with E-state index >= 15 is 0 Å². The standard InChI is InChI=1S/C23H18N4O/c1-2-28-23-19(14-24)21(15-7-4-3-5-8-15)18-11-12-20(26-22(18)27-23)16-9-6-10-17(25)13-16/h3-13H,2,25H2,1H3. The molecule has 136 valence electrons. The summed E-state index contributed by atoms with van der Waals surface area (Å²) >= 11 is 0. The molecule has 0 fully saturated rings. The highest BCUT2D eigenvalue weighted by Gasteiger charge is 2.19. The quantitative estimate of drug-likeness (QED) is 0.524. The third-order valence-corrected chi connectivity index (χ3v) is 4.45. The smallest absolute Gasteiger partial charge is 0.234 e. The summed E-state index contributed by atoms with van der Waals surface area (Å²) in [6.45, 7) is 2.28. The Bertz CT molecular complexity index is 1200. The summed E-state index contributed by atoms with van der Waals surface area (Å²) in [6, 6.07) is 23.5. The number of benzene rings is 2. The molecule has 0 saturated heterocycles. The first-order chi connectivity index (χ1) is 13.7. The van der Waals surface area contributed by atoms with E-state index in [1.54, 1.807) is 0 Å². The lowest BCUT2D eigenvalue weighted by molar-refractivity contribution is 0.327. The molecule has 2 aromatic carbocycles. The lowest BCUT2D eigenvalue weighted by atomic mass is 9.97. The van der Waals surface area contributed by atoms with Crippen LogP contribution in [0.1, 0.15) is 12.5 Å². The third-order valence-electron chi connectivity index (χ3n) is 4.45. The number of nitrogen functional groups attached to an aromatic ring is 1. The van der Waals surface area contributed by atoms with E-state index in [4.69, 9.17) is 15.5 Å². The maximum absolute atomic E-state index is 9.81. The van der Waals surface area contributed by atoms with E-state index in [9.17, 15) is 5.26 Å². The summed E-state index contributed by atoms with van der Waals surface area (Å²) < 4.78 is 5.67. The summed E-state index contributed by atoms with van der Waals surface area (Å²) in [5, 5.41) is 10.6. The van der Waals surface area contributed by atoms with Gasteiger partial charge in [-0.25, -0.2) is 4.98 Å². The fourth-order valence-electron chi connectivity index (χ4n) is 3.23. The average Bonchev–Trinajstić information content (AvgIpc) is 2.73. The van der Waals surface area contributed by atoms with Crippen LogP contribution in [0.2, 0.25) is 0 Å². The van der Waals surface area contributed by atoms with Crippen LogP contribution in [0.3, 0.4) is 0 Å². The van der Waals surface area contributed by atoms with Crippen molar-refractivity contribution in [1.82, 2.24) is 9.97 Å². The van der Waals surface area contributed by atoms with Crippen LogP contribution in [-0.2, 0) is 0 Å². The highest BCUT2D eigenvalue weighted by molar-refractivity contribution is 5.97. The van der Waals surface area contributed by atoms with E-state index in [2.05, 4.69) is 11.1 Å². The average molecular weight is 366 g/mol. The second-order valence-electron chi connectivity index (χ2n) is 6.27. The molecule has 0 bridgehead atoms. The summed E-state index contributed by atoms with van der Waals surface area (Å²) in [5.41, 5.74) is 10.9. The van der Waals surface area contributed by atoms with Gasteiger partial charge in [-0.05, 0) is 36.8 Å². The molecule has 4 aromatic rings. The van der Waals surface area contributed by atoms with Gasteiger partial charge in [-0.15, -0.1) is 0 Å². The largest absolute Gasteiger partial charge is 0.477 e. The molecule has 0 atom stereocenters. The number of ether oxygens (including phenoxy) is 1. The van der Waals surface area contributed by atoms with E-state index in [1.807, 2.05) is 73.7 Å². The predicted molar refractivity (Wildman–Crippen MR) is 111 cm³/mol. The molecule has 0 aliphatic heterocycles. The molecule has 5 nitrogen and oxygen atoms in total. The first kappa shape index (κ1) is 17.5. The minimum Gasteiger partial charge on any atom is -0.477 e. The van der Waals surface area contributed by atoms with E-state index < -0.39 is 0 Å². The molecule has 0 saturated carbocycles. The SMILES string of the molecule is CCOc1nc2nc(-c3cccc(N)c3)ccc2c(-c2ccccc2)c1C#N. The monoisotopic (exact) mass is 366 g/mol. The maximum atomic E-state index is 9.81. The van der Waals surface area contributed by atoms with Crippen molar-refractivity contribution in [1.29, 1.82) is 5.26 Å².